The minimum atomic E-state index is -0.372. The van der Waals surface area contributed by atoms with E-state index in [2.05, 4.69) is 10.6 Å². The van der Waals surface area contributed by atoms with Crippen LogP contribution in [0.5, 0.6) is 0 Å². The van der Waals surface area contributed by atoms with Gasteiger partial charge < -0.3 is 15.1 Å². The second-order valence-corrected chi connectivity index (χ2v) is 6.83. The highest BCUT2D eigenvalue weighted by atomic mass is 16.4. The number of oxazole rings is 1. The van der Waals surface area contributed by atoms with Crippen molar-refractivity contribution in [2.24, 2.45) is 12.5 Å². The molecule has 1 saturated heterocycles. The number of fused-ring (bicyclic) bond motifs is 1. The van der Waals surface area contributed by atoms with Crippen molar-refractivity contribution in [2.75, 3.05) is 6.54 Å². The van der Waals surface area contributed by atoms with Gasteiger partial charge in [-0.1, -0.05) is 18.9 Å². The molecule has 23 heavy (non-hydrogen) atoms. The summed E-state index contributed by atoms with van der Waals surface area (Å²) in [6, 6.07) is 5.50. The number of hydrogen-bond donors (Lipinski definition) is 2. The molecule has 2 aromatic rings. The first kappa shape index (κ1) is 14.5. The number of amides is 1. The molecule has 2 fully saturated rings. The Morgan fingerprint density at radius 1 is 1.43 bits per heavy atom. The van der Waals surface area contributed by atoms with Gasteiger partial charge in [0.1, 0.15) is 0 Å². The lowest BCUT2D eigenvalue weighted by Crippen LogP contribution is -2.67. The fourth-order valence-electron chi connectivity index (χ4n) is 3.98. The number of nitrogens with one attached hydrogen (secondary N) is 2. The average Bonchev–Trinajstić information content (AvgIpc) is 3.13. The Morgan fingerprint density at radius 3 is 2.91 bits per heavy atom. The molecule has 1 unspecified atom stereocenters. The van der Waals surface area contributed by atoms with Gasteiger partial charge in [0.2, 0.25) is 5.91 Å². The van der Waals surface area contributed by atoms with Gasteiger partial charge in [-0.15, -0.1) is 0 Å². The van der Waals surface area contributed by atoms with Crippen molar-refractivity contribution in [3.8, 4) is 0 Å². The highest BCUT2D eigenvalue weighted by Gasteiger charge is 2.51. The van der Waals surface area contributed by atoms with E-state index in [1.807, 2.05) is 12.1 Å². The quantitative estimate of drug-likeness (QED) is 0.894. The van der Waals surface area contributed by atoms with Gasteiger partial charge in [-0.3, -0.25) is 9.36 Å². The summed E-state index contributed by atoms with van der Waals surface area (Å²) in [6.07, 6.45) is 4.77. The highest BCUT2D eigenvalue weighted by Crippen LogP contribution is 2.45. The fraction of sp³-hybridized carbons (Fsp3) is 0.529. The largest absolute Gasteiger partial charge is 0.419 e. The molecule has 1 aromatic heterocycles. The first-order valence-corrected chi connectivity index (χ1v) is 8.19. The summed E-state index contributed by atoms with van der Waals surface area (Å²) < 4.78 is 6.59. The Kier molecular flexibility index (Phi) is 3.30. The van der Waals surface area contributed by atoms with Crippen LogP contribution in [0.15, 0.2) is 27.4 Å². The standard InChI is InChI=1S/C17H21N3O3/c1-20-12-8-11(4-5-13(12)23-16(20)22)9-18-15(21)14-17(10-19-14)6-2-3-7-17/h4-5,8,14,19H,2-3,6-7,9-10H2,1H3,(H,18,21). The maximum absolute atomic E-state index is 12.4. The lowest BCUT2D eigenvalue weighted by molar-refractivity contribution is -0.130. The van der Waals surface area contributed by atoms with Crippen molar-refractivity contribution >= 4 is 17.0 Å². The van der Waals surface area contributed by atoms with E-state index < -0.39 is 0 Å². The number of benzene rings is 1. The normalized spacial score (nSPS) is 22.4. The summed E-state index contributed by atoms with van der Waals surface area (Å²) in [5, 5.41) is 6.31. The Balaban J connectivity index is 1.45. The zero-order valence-electron chi connectivity index (χ0n) is 13.2. The highest BCUT2D eigenvalue weighted by molar-refractivity contribution is 5.84. The van der Waals surface area contributed by atoms with E-state index in [9.17, 15) is 9.59 Å². The molecular formula is C17H21N3O3. The summed E-state index contributed by atoms with van der Waals surface area (Å²) in [5.74, 6) is -0.289. The average molecular weight is 315 g/mol. The maximum atomic E-state index is 12.4. The van der Waals surface area contributed by atoms with Crippen molar-refractivity contribution in [3.63, 3.8) is 0 Å². The van der Waals surface area contributed by atoms with Crippen LogP contribution < -0.4 is 16.4 Å². The van der Waals surface area contributed by atoms with Gasteiger partial charge in [-0.05, 0) is 30.5 Å². The van der Waals surface area contributed by atoms with Crippen molar-refractivity contribution in [1.82, 2.24) is 15.2 Å². The number of nitrogens with zero attached hydrogens (tertiary/aromatic N) is 1. The topological polar surface area (TPSA) is 76.3 Å². The van der Waals surface area contributed by atoms with E-state index in [1.54, 1.807) is 13.1 Å². The zero-order chi connectivity index (χ0) is 16.0. The second-order valence-electron chi connectivity index (χ2n) is 6.83. The molecule has 6 nitrogen and oxygen atoms in total. The van der Waals surface area contributed by atoms with Crippen LogP contribution in [0.4, 0.5) is 0 Å². The number of aromatic nitrogens is 1. The maximum Gasteiger partial charge on any atom is 0.419 e. The SMILES string of the molecule is Cn1c(=O)oc2ccc(CNC(=O)C3NCC34CCCC4)cc21. The van der Waals surface area contributed by atoms with Crippen molar-refractivity contribution in [3.05, 3.63) is 34.3 Å². The molecule has 1 aromatic carbocycles. The summed E-state index contributed by atoms with van der Waals surface area (Å²) >= 11 is 0. The van der Waals surface area contributed by atoms with Gasteiger partial charge in [0.25, 0.3) is 0 Å². The van der Waals surface area contributed by atoms with Gasteiger partial charge in [0.15, 0.2) is 5.58 Å². The summed E-state index contributed by atoms with van der Waals surface area (Å²) in [5.41, 5.74) is 2.47. The molecule has 0 bridgehead atoms. The summed E-state index contributed by atoms with van der Waals surface area (Å²) in [6.45, 7) is 1.43. The molecule has 6 heteroatoms. The minimum Gasteiger partial charge on any atom is -0.408 e. The monoisotopic (exact) mass is 315 g/mol. The molecule has 1 aliphatic carbocycles. The zero-order valence-corrected chi connectivity index (χ0v) is 13.2. The van der Waals surface area contributed by atoms with Crippen LogP contribution in [0.25, 0.3) is 11.1 Å². The predicted octanol–water partition coefficient (Wildman–Crippen LogP) is 1.28. The molecule has 2 heterocycles. The molecule has 4 rings (SSSR count). The Morgan fingerprint density at radius 2 is 2.22 bits per heavy atom. The smallest absolute Gasteiger partial charge is 0.408 e. The van der Waals surface area contributed by atoms with Crippen LogP contribution in [-0.2, 0) is 18.4 Å². The van der Waals surface area contributed by atoms with Crippen LogP contribution in [0, 0.1) is 5.41 Å². The van der Waals surface area contributed by atoms with Crippen molar-refractivity contribution < 1.29 is 9.21 Å². The summed E-state index contributed by atoms with van der Waals surface area (Å²) in [7, 11) is 1.68. The third kappa shape index (κ3) is 2.28. The van der Waals surface area contributed by atoms with Gasteiger partial charge in [-0.25, -0.2) is 4.79 Å². The van der Waals surface area contributed by atoms with E-state index >= 15 is 0 Å². The first-order valence-electron chi connectivity index (χ1n) is 8.19. The first-order chi connectivity index (χ1) is 11.1. The molecule has 2 aliphatic rings. The van der Waals surface area contributed by atoms with E-state index in [4.69, 9.17) is 4.42 Å². The van der Waals surface area contributed by atoms with Crippen LogP contribution in [0.1, 0.15) is 31.2 Å². The van der Waals surface area contributed by atoms with Crippen LogP contribution in [0.3, 0.4) is 0 Å². The van der Waals surface area contributed by atoms with E-state index in [-0.39, 0.29) is 23.1 Å². The third-order valence-corrected chi connectivity index (χ3v) is 5.45. The molecular weight excluding hydrogens is 294 g/mol. The van der Waals surface area contributed by atoms with Crippen molar-refractivity contribution in [2.45, 2.75) is 38.3 Å². The van der Waals surface area contributed by atoms with Crippen LogP contribution >= 0.6 is 0 Å². The van der Waals surface area contributed by atoms with Crippen molar-refractivity contribution in [1.29, 1.82) is 0 Å². The molecule has 1 atom stereocenters. The molecule has 1 aliphatic heterocycles. The number of rotatable bonds is 3. The fourth-order valence-corrected chi connectivity index (χ4v) is 3.98. The number of hydrogen-bond acceptors (Lipinski definition) is 4. The second kappa shape index (κ2) is 5.23. The van der Waals surface area contributed by atoms with Gasteiger partial charge >= 0.3 is 5.76 Å². The van der Waals surface area contributed by atoms with E-state index in [0.717, 1.165) is 30.5 Å². The van der Waals surface area contributed by atoms with Gasteiger partial charge in [-0.2, -0.15) is 0 Å². The molecule has 1 spiro atoms. The lowest BCUT2D eigenvalue weighted by Gasteiger charge is -2.47. The van der Waals surface area contributed by atoms with Gasteiger partial charge in [0.05, 0.1) is 11.6 Å². The Hall–Kier alpha value is -2.08. The molecule has 1 amide bonds. The Labute approximate surface area is 133 Å². The van der Waals surface area contributed by atoms with Crippen LogP contribution in [0.2, 0.25) is 0 Å². The van der Waals surface area contributed by atoms with Gasteiger partial charge in [0, 0.05) is 25.6 Å². The lowest BCUT2D eigenvalue weighted by atomic mass is 9.71. The van der Waals surface area contributed by atoms with E-state index in [1.165, 1.54) is 17.4 Å². The molecule has 122 valence electrons. The van der Waals surface area contributed by atoms with Crippen LogP contribution in [-0.4, -0.2) is 23.1 Å². The number of aryl methyl sites for hydroxylation is 1. The predicted molar refractivity (Wildman–Crippen MR) is 86.0 cm³/mol. The van der Waals surface area contributed by atoms with E-state index in [0.29, 0.717) is 12.1 Å². The molecule has 1 saturated carbocycles. The minimum absolute atomic E-state index is 0.0491. The molecule has 2 N–H and O–H groups in total. The number of carbonyl (C=O) groups excluding carboxylic acids is 1. The molecule has 0 radical (unpaired) electrons. The summed E-state index contributed by atoms with van der Waals surface area (Å²) in [4.78, 5) is 24.0. The Bertz CT molecular complexity index is 814. The number of carbonyl (C=O) groups is 1. The third-order valence-electron chi connectivity index (χ3n) is 5.45.